The van der Waals surface area contributed by atoms with E-state index in [2.05, 4.69) is 57.4 Å². The first-order valence-electron chi connectivity index (χ1n) is 14.6. The lowest BCUT2D eigenvalue weighted by Crippen LogP contribution is -2.44. The molecule has 206 valence electrons. The first-order chi connectivity index (χ1) is 17.9. The second-order valence-corrected chi connectivity index (χ2v) is 11.3. The van der Waals surface area contributed by atoms with Crippen LogP contribution in [-0.2, 0) is 22.5 Å². The molecule has 0 spiro atoms. The van der Waals surface area contributed by atoms with Gasteiger partial charge in [0.15, 0.2) is 0 Å². The van der Waals surface area contributed by atoms with Gasteiger partial charge in [-0.1, -0.05) is 120 Å². The Morgan fingerprint density at radius 1 is 0.784 bits per heavy atom. The van der Waals surface area contributed by atoms with Crippen LogP contribution in [0.5, 0.6) is 5.75 Å². The highest BCUT2D eigenvalue weighted by atomic mass is 16.7. The van der Waals surface area contributed by atoms with Crippen molar-refractivity contribution in [3.63, 3.8) is 0 Å². The molecule has 4 nitrogen and oxygen atoms in total. The van der Waals surface area contributed by atoms with Gasteiger partial charge in [0.05, 0.1) is 20.6 Å². The summed E-state index contributed by atoms with van der Waals surface area (Å²) in [6.45, 7) is 5.76. The highest BCUT2D eigenvalue weighted by Gasteiger charge is 2.25. The van der Waals surface area contributed by atoms with Gasteiger partial charge in [-0.3, -0.25) is 4.79 Å². The summed E-state index contributed by atoms with van der Waals surface area (Å²) in [5, 5.41) is 0. The summed E-state index contributed by atoms with van der Waals surface area (Å²) < 4.78 is 12.1. The zero-order valence-corrected chi connectivity index (χ0v) is 24.1. The maximum Gasteiger partial charge on any atom is 0.317 e. The Hall–Kier alpha value is -2.33. The molecule has 2 aromatic carbocycles. The quantitative estimate of drug-likeness (QED) is 0.0777. The number of para-hydroxylation sites is 1. The first kappa shape index (κ1) is 30.9. The summed E-state index contributed by atoms with van der Waals surface area (Å²) in [6.07, 6.45) is 15.8. The first-order valence-corrected chi connectivity index (χ1v) is 14.6. The topological polar surface area (TPSA) is 35.5 Å². The number of carbonyl (C=O) groups is 1. The van der Waals surface area contributed by atoms with Gasteiger partial charge < -0.3 is 14.0 Å². The van der Waals surface area contributed by atoms with E-state index in [0.717, 1.165) is 23.2 Å². The predicted octanol–water partition coefficient (Wildman–Crippen LogP) is 8.33. The Bertz CT molecular complexity index is 865. The number of quaternary nitrogens is 1. The number of hydrogen-bond acceptors (Lipinski definition) is 3. The van der Waals surface area contributed by atoms with Gasteiger partial charge in [0.1, 0.15) is 18.2 Å². The second-order valence-electron chi connectivity index (χ2n) is 11.3. The van der Waals surface area contributed by atoms with Crippen LogP contribution in [-0.4, -0.2) is 37.9 Å². The van der Waals surface area contributed by atoms with E-state index in [4.69, 9.17) is 9.47 Å². The molecule has 2 aromatic rings. The number of benzene rings is 2. The number of hydrogen-bond donors (Lipinski definition) is 0. The van der Waals surface area contributed by atoms with Gasteiger partial charge in [0.25, 0.3) is 0 Å². The number of aryl methyl sites for hydroxylation is 1. The molecule has 0 bridgehead atoms. The maximum absolute atomic E-state index is 12.6. The molecule has 37 heavy (non-hydrogen) atoms. The minimum absolute atomic E-state index is 0.0371. The Balaban J connectivity index is 1.63. The largest absolute Gasteiger partial charge is 0.457 e. The lowest BCUT2D eigenvalue weighted by molar-refractivity contribution is -0.905. The van der Waals surface area contributed by atoms with Crippen LogP contribution in [0.1, 0.15) is 95.6 Å². The van der Waals surface area contributed by atoms with Gasteiger partial charge in [0.2, 0.25) is 6.79 Å². The average molecular weight is 511 g/mol. The molecule has 2 rings (SSSR count). The average Bonchev–Trinajstić information content (AvgIpc) is 2.88. The Labute approximate surface area is 227 Å². The van der Waals surface area contributed by atoms with Crippen LogP contribution in [0.4, 0.5) is 0 Å². The van der Waals surface area contributed by atoms with Crippen LogP contribution in [0.25, 0.3) is 0 Å². The smallest absolute Gasteiger partial charge is 0.317 e. The van der Waals surface area contributed by atoms with E-state index in [1.165, 1.54) is 81.8 Å². The SMILES string of the molecule is CCCCCCCCCCCCCc1ccccc1OCOC(=O)C(C)C[N+](C)(C)Cc1ccccc1. The number of ether oxygens (including phenoxy) is 2. The van der Waals surface area contributed by atoms with Crippen molar-refractivity contribution in [2.24, 2.45) is 5.92 Å². The van der Waals surface area contributed by atoms with E-state index < -0.39 is 0 Å². The fraction of sp³-hybridized carbons (Fsp3) is 0.606. The highest BCUT2D eigenvalue weighted by molar-refractivity contribution is 5.72. The van der Waals surface area contributed by atoms with Gasteiger partial charge in [-0.05, 0) is 31.4 Å². The maximum atomic E-state index is 12.6. The molecule has 4 heteroatoms. The van der Waals surface area contributed by atoms with Crippen LogP contribution in [0.3, 0.4) is 0 Å². The molecule has 0 saturated heterocycles. The van der Waals surface area contributed by atoms with Crippen molar-refractivity contribution in [3.8, 4) is 5.75 Å². The summed E-state index contributed by atoms with van der Waals surface area (Å²) in [7, 11) is 4.30. The predicted molar refractivity (Wildman–Crippen MR) is 154 cm³/mol. The Kier molecular flexibility index (Phi) is 15.0. The van der Waals surface area contributed by atoms with Crippen molar-refractivity contribution in [2.75, 3.05) is 27.4 Å². The summed E-state index contributed by atoms with van der Waals surface area (Å²) >= 11 is 0. The Morgan fingerprint density at radius 2 is 1.35 bits per heavy atom. The third kappa shape index (κ3) is 13.7. The van der Waals surface area contributed by atoms with E-state index in [0.29, 0.717) is 6.54 Å². The molecule has 0 aliphatic heterocycles. The third-order valence-corrected chi connectivity index (χ3v) is 7.06. The van der Waals surface area contributed by atoms with Crippen LogP contribution in [0, 0.1) is 5.92 Å². The molecule has 0 fully saturated rings. The standard InChI is InChI=1S/C33H52NO3/c1-5-6-7-8-9-10-11-12-13-14-18-23-31-24-19-20-25-32(31)36-28-37-33(35)29(2)26-34(3,4)27-30-21-16-15-17-22-30/h15-17,19-22,24-25,29H,5-14,18,23,26-28H2,1-4H3/q+1. The van der Waals surface area contributed by atoms with Gasteiger partial charge in [-0.25, -0.2) is 0 Å². The second kappa shape index (κ2) is 18.0. The normalized spacial score (nSPS) is 12.3. The number of unbranched alkanes of at least 4 members (excludes halogenated alkanes) is 10. The van der Waals surface area contributed by atoms with Gasteiger partial charge in [0, 0.05) is 5.56 Å². The Morgan fingerprint density at radius 3 is 2.00 bits per heavy atom. The van der Waals surface area contributed by atoms with Crippen molar-refractivity contribution in [1.29, 1.82) is 0 Å². The number of nitrogens with zero attached hydrogens (tertiary/aromatic N) is 1. The van der Waals surface area contributed by atoms with Gasteiger partial charge >= 0.3 is 5.97 Å². The van der Waals surface area contributed by atoms with Crippen LogP contribution < -0.4 is 4.74 Å². The molecule has 0 amide bonds. The van der Waals surface area contributed by atoms with Crippen molar-refractivity contribution < 1.29 is 18.8 Å². The third-order valence-electron chi connectivity index (χ3n) is 7.06. The summed E-state index contributed by atoms with van der Waals surface area (Å²) in [5.41, 5.74) is 2.47. The molecule has 0 heterocycles. The fourth-order valence-corrected chi connectivity index (χ4v) is 5.08. The van der Waals surface area contributed by atoms with Crippen LogP contribution >= 0.6 is 0 Å². The lowest BCUT2D eigenvalue weighted by Gasteiger charge is -2.31. The molecule has 0 aromatic heterocycles. The summed E-state index contributed by atoms with van der Waals surface area (Å²) in [6, 6.07) is 18.5. The molecule has 0 saturated carbocycles. The van der Waals surface area contributed by atoms with E-state index in [-0.39, 0.29) is 18.7 Å². The molecule has 0 aliphatic rings. The monoisotopic (exact) mass is 510 g/mol. The van der Waals surface area contributed by atoms with E-state index in [1.807, 2.05) is 25.1 Å². The molecule has 1 unspecified atom stereocenters. The van der Waals surface area contributed by atoms with Crippen LogP contribution in [0.2, 0.25) is 0 Å². The number of carbonyl (C=O) groups excluding carboxylic acids is 1. The molecule has 0 aliphatic carbocycles. The minimum Gasteiger partial charge on any atom is -0.457 e. The van der Waals surface area contributed by atoms with Gasteiger partial charge in [-0.2, -0.15) is 0 Å². The lowest BCUT2D eigenvalue weighted by atomic mass is 10.0. The van der Waals surface area contributed by atoms with Crippen LogP contribution in [0.15, 0.2) is 54.6 Å². The van der Waals surface area contributed by atoms with E-state index in [1.54, 1.807) is 0 Å². The highest BCUT2D eigenvalue weighted by Crippen LogP contribution is 2.21. The molecular formula is C33H52NO3+. The molecular weight excluding hydrogens is 458 g/mol. The summed E-state index contributed by atoms with van der Waals surface area (Å²) in [4.78, 5) is 12.6. The van der Waals surface area contributed by atoms with Crippen molar-refractivity contribution in [1.82, 2.24) is 0 Å². The van der Waals surface area contributed by atoms with Crippen molar-refractivity contribution in [3.05, 3.63) is 65.7 Å². The minimum atomic E-state index is -0.206. The van der Waals surface area contributed by atoms with E-state index in [9.17, 15) is 4.79 Å². The number of esters is 1. The van der Waals surface area contributed by atoms with Crippen molar-refractivity contribution in [2.45, 2.75) is 97.4 Å². The molecule has 0 radical (unpaired) electrons. The van der Waals surface area contributed by atoms with Crippen molar-refractivity contribution >= 4 is 5.97 Å². The zero-order valence-electron chi connectivity index (χ0n) is 24.1. The molecule has 0 N–H and O–H groups in total. The molecule has 1 atom stereocenters. The zero-order chi connectivity index (χ0) is 26.8. The van der Waals surface area contributed by atoms with Gasteiger partial charge in [-0.15, -0.1) is 0 Å². The summed E-state index contributed by atoms with van der Waals surface area (Å²) in [5.74, 6) is 0.422. The fourth-order valence-electron chi connectivity index (χ4n) is 5.08. The van der Waals surface area contributed by atoms with E-state index >= 15 is 0 Å². The number of rotatable bonds is 20.